The Morgan fingerprint density at radius 2 is 1.86 bits per heavy atom. The minimum Gasteiger partial charge on any atom is -0.497 e. The number of nitrogens with two attached hydrogens (primary N) is 2. The second-order valence-electron chi connectivity index (χ2n) is 2.37. The van der Waals surface area contributed by atoms with Gasteiger partial charge in [0.1, 0.15) is 5.75 Å². The Morgan fingerprint density at radius 1 is 1.43 bits per heavy atom. The number of alkyl halides is 1. The number of rotatable bonds is 2. The normalized spacial score (nSPS) is 8.43. The first-order chi connectivity index (χ1) is 6.60. The molecule has 4 N–H and O–H groups in total. The fraction of sp³-hybridized carbons (Fsp3) is 0.222. The standard InChI is InChI=1S/C7H9NO.C2H4FNO/c1-9-7-4-2-6(8)3-5-7;3-1-2(4)5/h2-5H,8H2,1H3;1H2,(H2,4,5). The van der Waals surface area contributed by atoms with Crippen LogP contribution in [0.4, 0.5) is 10.1 Å². The van der Waals surface area contributed by atoms with Gasteiger partial charge >= 0.3 is 0 Å². The predicted octanol–water partition coefficient (Wildman–Crippen LogP) is 0.719. The number of benzene rings is 1. The first-order valence-corrected chi connectivity index (χ1v) is 3.84. The molecule has 1 rings (SSSR count). The van der Waals surface area contributed by atoms with Gasteiger partial charge < -0.3 is 16.2 Å². The minimum atomic E-state index is -1.06. The van der Waals surface area contributed by atoms with Crippen LogP contribution in [0.1, 0.15) is 0 Å². The fourth-order valence-electron chi connectivity index (χ4n) is 0.604. The molecule has 1 amide bonds. The van der Waals surface area contributed by atoms with Crippen molar-refractivity contribution in [3.8, 4) is 5.75 Å². The Bertz CT molecular complexity index is 275. The summed E-state index contributed by atoms with van der Waals surface area (Å²) < 4.78 is 15.6. The summed E-state index contributed by atoms with van der Waals surface area (Å²) in [6.45, 7) is -1.06. The maximum Gasteiger partial charge on any atom is 0.248 e. The van der Waals surface area contributed by atoms with E-state index in [1.54, 1.807) is 19.2 Å². The molecule has 0 saturated carbocycles. The molecule has 0 aliphatic rings. The molecule has 1 aromatic rings. The summed E-state index contributed by atoms with van der Waals surface area (Å²) in [4.78, 5) is 9.22. The Kier molecular flexibility index (Phi) is 5.85. The summed E-state index contributed by atoms with van der Waals surface area (Å²) in [5, 5.41) is 0. The molecule has 0 fully saturated rings. The predicted molar refractivity (Wildman–Crippen MR) is 52.6 cm³/mol. The summed E-state index contributed by atoms with van der Waals surface area (Å²) in [6.07, 6.45) is 0. The minimum absolute atomic E-state index is 0.760. The number of anilines is 1. The number of nitrogen functional groups attached to an aromatic ring is 1. The molecule has 14 heavy (non-hydrogen) atoms. The quantitative estimate of drug-likeness (QED) is 0.690. The Labute approximate surface area is 81.7 Å². The van der Waals surface area contributed by atoms with Crippen LogP contribution >= 0.6 is 0 Å². The van der Waals surface area contributed by atoms with E-state index in [0.717, 1.165) is 11.4 Å². The van der Waals surface area contributed by atoms with Crippen LogP contribution in [0.25, 0.3) is 0 Å². The topological polar surface area (TPSA) is 78.3 Å². The van der Waals surface area contributed by atoms with Crippen LogP contribution in [0.3, 0.4) is 0 Å². The maximum atomic E-state index is 10.6. The van der Waals surface area contributed by atoms with Crippen LogP contribution in [-0.2, 0) is 4.79 Å². The molecule has 0 saturated heterocycles. The van der Waals surface area contributed by atoms with Crippen LogP contribution in [0.2, 0.25) is 0 Å². The number of carbonyl (C=O) groups is 1. The highest BCUT2D eigenvalue weighted by Crippen LogP contribution is 2.11. The molecule has 0 unspecified atom stereocenters. The third kappa shape index (κ3) is 5.82. The van der Waals surface area contributed by atoms with E-state index in [9.17, 15) is 9.18 Å². The van der Waals surface area contributed by atoms with Crippen molar-refractivity contribution in [2.45, 2.75) is 0 Å². The average molecular weight is 200 g/mol. The van der Waals surface area contributed by atoms with Gasteiger partial charge in [0.2, 0.25) is 5.91 Å². The summed E-state index contributed by atoms with van der Waals surface area (Å²) >= 11 is 0. The van der Waals surface area contributed by atoms with Gasteiger partial charge in [-0.2, -0.15) is 0 Å². The number of primary amides is 1. The molecule has 0 aliphatic heterocycles. The van der Waals surface area contributed by atoms with E-state index in [-0.39, 0.29) is 0 Å². The van der Waals surface area contributed by atoms with Gasteiger partial charge in [-0.25, -0.2) is 4.39 Å². The molecule has 5 heteroatoms. The van der Waals surface area contributed by atoms with Crippen molar-refractivity contribution < 1.29 is 13.9 Å². The molecule has 1 aromatic carbocycles. The van der Waals surface area contributed by atoms with Crippen LogP contribution in [0.5, 0.6) is 5.75 Å². The van der Waals surface area contributed by atoms with Gasteiger partial charge in [-0.15, -0.1) is 0 Å². The highest BCUT2D eigenvalue weighted by atomic mass is 19.1. The van der Waals surface area contributed by atoms with Gasteiger partial charge in [-0.1, -0.05) is 0 Å². The van der Waals surface area contributed by atoms with Gasteiger partial charge in [0.15, 0.2) is 6.67 Å². The molecule has 0 atom stereocenters. The first kappa shape index (κ1) is 12.2. The van der Waals surface area contributed by atoms with Gasteiger partial charge in [-0.3, -0.25) is 4.79 Å². The van der Waals surface area contributed by atoms with E-state index in [0.29, 0.717) is 0 Å². The molecule has 0 heterocycles. The molecule has 0 spiro atoms. The average Bonchev–Trinajstić information content (AvgIpc) is 2.20. The Balaban J connectivity index is 0.000000292. The Morgan fingerprint density at radius 3 is 2.14 bits per heavy atom. The zero-order valence-electron chi connectivity index (χ0n) is 7.87. The molecular weight excluding hydrogens is 187 g/mol. The maximum absolute atomic E-state index is 10.6. The number of hydrogen-bond acceptors (Lipinski definition) is 3. The van der Waals surface area contributed by atoms with E-state index in [2.05, 4.69) is 5.73 Å². The van der Waals surface area contributed by atoms with E-state index < -0.39 is 12.6 Å². The van der Waals surface area contributed by atoms with Gasteiger partial charge in [0.05, 0.1) is 7.11 Å². The van der Waals surface area contributed by atoms with Crippen LogP contribution in [0, 0.1) is 0 Å². The van der Waals surface area contributed by atoms with Gasteiger partial charge in [0.25, 0.3) is 0 Å². The number of amides is 1. The SMILES string of the molecule is COc1ccc(N)cc1.NC(=O)CF. The number of hydrogen-bond donors (Lipinski definition) is 2. The third-order valence-corrected chi connectivity index (χ3v) is 1.25. The van der Waals surface area contributed by atoms with Crippen molar-refractivity contribution in [3.05, 3.63) is 24.3 Å². The largest absolute Gasteiger partial charge is 0.497 e. The monoisotopic (exact) mass is 200 g/mol. The van der Waals surface area contributed by atoms with Crippen molar-refractivity contribution in [2.24, 2.45) is 5.73 Å². The lowest BCUT2D eigenvalue weighted by molar-refractivity contribution is -0.118. The molecule has 0 bridgehead atoms. The number of methoxy groups -OCH3 is 1. The summed E-state index contributed by atoms with van der Waals surface area (Å²) in [7, 11) is 1.63. The highest BCUT2D eigenvalue weighted by Gasteiger charge is 1.86. The lowest BCUT2D eigenvalue weighted by Gasteiger charge is -1.97. The van der Waals surface area contributed by atoms with Crippen LogP contribution in [-0.4, -0.2) is 19.7 Å². The van der Waals surface area contributed by atoms with E-state index in [1.165, 1.54) is 0 Å². The smallest absolute Gasteiger partial charge is 0.248 e. The van der Waals surface area contributed by atoms with Crippen molar-refractivity contribution in [3.63, 3.8) is 0 Å². The van der Waals surface area contributed by atoms with Crippen molar-refractivity contribution >= 4 is 11.6 Å². The van der Waals surface area contributed by atoms with E-state index in [4.69, 9.17) is 10.5 Å². The van der Waals surface area contributed by atoms with E-state index >= 15 is 0 Å². The number of ether oxygens (including phenoxy) is 1. The second kappa shape index (κ2) is 6.71. The molecule has 0 aromatic heterocycles. The lowest BCUT2D eigenvalue weighted by Crippen LogP contribution is -2.11. The molecular formula is C9H13FN2O2. The number of halogens is 1. The van der Waals surface area contributed by atoms with E-state index in [1.807, 2.05) is 12.1 Å². The second-order valence-corrected chi connectivity index (χ2v) is 2.37. The zero-order valence-corrected chi connectivity index (χ0v) is 7.87. The zero-order chi connectivity index (χ0) is 11.0. The first-order valence-electron chi connectivity index (χ1n) is 3.84. The molecule has 78 valence electrons. The van der Waals surface area contributed by atoms with Crippen molar-refractivity contribution in [1.29, 1.82) is 0 Å². The van der Waals surface area contributed by atoms with Crippen LogP contribution in [0.15, 0.2) is 24.3 Å². The van der Waals surface area contributed by atoms with Crippen molar-refractivity contribution in [1.82, 2.24) is 0 Å². The fourth-order valence-corrected chi connectivity index (χ4v) is 0.604. The third-order valence-electron chi connectivity index (χ3n) is 1.25. The number of carbonyl (C=O) groups excluding carboxylic acids is 1. The molecule has 0 aliphatic carbocycles. The lowest BCUT2D eigenvalue weighted by atomic mass is 10.3. The van der Waals surface area contributed by atoms with Crippen molar-refractivity contribution in [2.75, 3.05) is 19.5 Å². The summed E-state index contributed by atoms with van der Waals surface area (Å²) in [5.74, 6) is -0.0748. The molecule has 4 nitrogen and oxygen atoms in total. The Hall–Kier alpha value is -1.78. The highest BCUT2D eigenvalue weighted by molar-refractivity contribution is 5.74. The molecule has 0 radical (unpaired) electrons. The van der Waals surface area contributed by atoms with Gasteiger partial charge in [-0.05, 0) is 24.3 Å². The summed E-state index contributed by atoms with van der Waals surface area (Å²) in [5.41, 5.74) is 10.5. The summed E-state index contributed by atoms with van der Waals surface area (Å²) in [6, 6.07) is 7.27. The van der Waals surface area contributed by atoms with Crippen LogP contribution < -0.4 is 16.2 Å². The van der Waals surface area contributed by atoms with Gasteiger partial charge in [0, 0.05) is 5.69 Å².